The second kappa shape index (κ2) is 4.93. The molecule has 0 aliphatic heterocycles. The number of rotatable bonds is 4. The van der Waals surface area contributed by atoms with Gasteiger partial charge in [-0.05, 0) is 24.3 Å². The molecule has 0 spiro atoms. The number of primary amides is 1. The normalized spacial score (nSPS) is 11.1. The molecule has 0 radical (unpaired) electrons. The minimum absolute atomic E-state index is 0.0260. The van der Waals surface area contributed by atoms with Gasteiger partial charge in [0, 0.05) is 0 Å². The predicted octanol–water partition coefficient (Wildman–Crippen LogP) is 0.695. The second-order valence-corrected chi connectivity index (χ2v) is 5.05. The van der Waals surface area contributed by atoms with E-state index in [0.29, 0.717) is 0 Å². The summed E-state index contributed by atoms with van der Waals surface area (Å²) in [5, 5.41) is 0. The molecule has 0 heterocycles. The van der Waals surface area contributed by atoms with Gasteiger partial charge in [0.2, 0.25) is 0 Å². The van der Waals surface area contributed by atoms with Crippen molar-refractivity contribution in [2.24, 2.45) is 5.73 Å². The van der Waals surface area contributed by atoms with E-state index in [1.165, 1.54) is 0 Å². The second-order valence-electron chi connectivity index (χ2n) is 2.94. The summed E-state index contributed by atoms with van der Waals surface area (Å²) in [5.74, 6) is -0.908. The molecule has 0 atom stereocenters. The lowest BCUT2D eigenvalue weighted by Crippen LogP contribution is -2.19. The fourth-order valence-corrected chi connectivity index (χ4v) is 2.10. The minimum atomic E-state index is -3.57. The topological polar surface area (TPSA) is 86.5 Å². The van der Waals surface area contributed by atoms with Gasteiger partial charge in [-0.15, -0.1) is 0 Å². The van der Waals surface area contributed by atoms with Crippen LogP contribution in [0.2, 0.25) is 0 Å². The molecule has 0 aliphatic rings. The van der Waals surface area contributed by atoms with Crippen LogP contribution in [0.25, 0.3) is 0 Å². The fraction of sp³-hybridized carbons (Fsp3) is 0.222. The number of carbonyl (C=O) groups is 1. The summed E-state index contributed by atoms with van der Waals surface area (Å²) in [6.07, 6.45) is -1.03. The molecule has 0 bridgehead atoms. The molecule has 1 aromatic carbocycles. The summed E-state index contributed by atoms with van der Waals surface area (Å²) >= 11 is 0. The number of halogens is 1. The number of hydrogen-bond acceptors (Lipinski definition) is 4. The average Bonchev–Trinajstić information content (AvgIpc) is 2.17. The van der Waals surface area contributed by atoms with Gasteiger partial charge in [0.15, 0.2) is 9.84 Å². The van der Waals surface area contributed by atoms with Crippen LogP contribution in [0, 0.1) is 5.82 Å². The molecule has 2 N–H and O–H groups in total. The molecule has 0 aromatic heterocycles. The predicted molar refractivity (Wildman–Crippen MR) is 54.0 cm³/mol. The number of carbonyl (C=O) groups excluding carboxylic acids is 1. The molecule has 16 heavy (non-hydrogen) atoms. The molecule has 0 saturated carbocycles. The Balaban J connectivity index is 2.71. The monoisotopic (exact) mass is 247 g/mol. The van der Waals surface area contributed by atoms with Crippen molar-refractivity contribution in [3.05, 3.63) is 30.1 Å². The van der Waals surface area contributed by atoms with Gasteiger partial charge in [-0.1, -0.05) is 0 Å². The van der Waals surface area contributed by atoms with Crippen molar-refractivity contribution in [1.29, 1.82) is 0 Å². The molecule has 0 fully saturated rings. The molecule has 88 valence electrons. The SMILES string of the molecule is NC(=O)OCCS(=O)(=O)c1ccc(F)cc1. The Hall–Kier alpha value is -1.63. The molecule has 1 amide bonds. The van der Waals surface area contributed by atoms with E-state index in [1.807, 2.05) is 0 Å². The standard InChI is InChI=1S/C9H10FNO4S/c10-7-1-3-8(4-2-7)16(13,14)6-5-15-9(11)12/h1-4H,5-6H2,(H2,11,12). The Morgan fingerprint density at radius 3 is 2.38 bits per heavy atom. The van der Waals surface area contributed by atoms with Crippen LogP contribution in [-0.4, -0.2) is 26.9 Å². The summed E-state index contributed by atoms with van der Waals surface area (Å²) in [6.45, 7) is -0.324. The van der Waals surface area contributed by atoms with E-state index in [-0.39, 0.29) is 17.3 Å². The molecular formula is C9H10FNO4S. The highest BCUT2D eigenvalue weighted by Crippen LogP contribution is 2.11. The molecule has 1 rings (SSSR count). The number of sulfone groups is 1. The van der Waals surface area contributed by atoms with Crippen molar-refractivity contribution in [2.45, 2.75) is 4.90 Å². The van der Waals surface area contributed by atoms with Crippen LogP contribution in [0.15, 0.2) is 29.2 Å². The van der Waals surface area contributed by atoms with E-state index >= 15 is 0 Å². The first-order valence-electron chi connectivity index (χ1n) is 4.32. The third-order valence-corrected chi connectivity index (χ3v) is 3.46. The summed E-state index contributed by atoms with van der Waals surface area (Å²) in [4.78, 5) is 10.2. The summed E-state index contributed by atoms with van der Waals surface area (Å²) in [5.41, 5.74) is 4.67. The molecule has 0 aliphatic carbocycles. The highest BCUT2D eigenvalue weighted by atomic mass is 32.2. The lowest BCUT2D eigenvalue weighted by molar-refractivity contribution is 0.163. The van der Waals surface area contributed by atoms with Crippen LogP contribution in [0.3, 0.4) is 0 Å². The Bertz CT molecular complexity index is 469. The molecule has 0 unspecified atom stereocenters. The van der Waals surface area contributed by atoms with E-state index in [4.69, 9.17) is 0 Å². The number of hydrogen-bond donors (Lipinski definition) is 1. The first kappa shape index (κ1) is 12.4. The third-order valence-electron chi connectivity index (χ3n) is 1.77. The maximum absolute atomic E-state index is 12.6. The van der Waals surface area contributed by atoms with Gasteiger partial charge >= 0.3 is 6.09 Å². The number of amides is 1. The van der Waals surface area contributed by atoms with E-state index in [1.54, 1.807) is 0 Å². The van der Waals surface area contributed by atoms with Crippen molar-refractivity contribution in [1.82, 2.24) is 0 Å². The van der Waals surface area contributed by atoms with Gasteiger partial charge in [0.05, 0.1) is 10.6 Å². The Morgan fingerprint density at radius 1 is 1.31 bits per heavy atom. The van der Waals surface area contributed by atoms with Gasteiger partial charge in [-0.2, -0.15) is 0 Å². The van der Waals surface area contributed by atoms with Crippen LogP contribution in [0.4, 0.5) is 9.18 Å². The number of ether oxygens (including phenoxy) is 1. The third kappa shape index (κ3) is 3.50. The quantitative estimate of drug-likeness (QED) is 0.793. The first-order chi connectivity index (χ1) is 7.42. The average molecular weight is 247 g/mol. The lowest BCUT2D eigenvalue weighted by atomic mass is 10.4. The van der Waals surface area contributed by atoms with Gasteiger partial charge in [-0.3, -0.25) is 0 Å². The van der Waals surface area contributed by atoms with E-state index in [0.717, 1.165) is 24.3 Å². The summed E-state index contributed by atoms with van der Waals surface area (Å²) in [6, 6.07) is 4.38. The smallest absolute Gasteiger partial charge is 0.404 e. The molecule has 5 nitrogen and oxygen atoms in total. The largest absolute Gasteiger partial charge is 0.449 e. The van der Waals surface area contributed by atoms with E-state index in [9.17, 15) is 17.6 Å². The Morgan fingerprint density at radius 2 is 1.88 bits per heavy atom. The van der Waals surface area contributed by atoms with Crippen molar-refractivity contribution in [3.8, 4) is 0 Å². The van der Waals surface area contributed by atoms with Gasteiger partial charge < -0.3 is 10.5 Å². The summed E-state index contributed by atoms with van der Waals surface area (Å²) < 4.78 is 40.0. The maximum atomic E-state index is 12.6. The molecular weight excluding hydrogens is 237 g/mol. The zero-order valence-electron chi connectivity index (χ0n) is 8.22. The van der Waals surface area contributed by atoms with Crippen molar-refractivity contribution in [2.75, 3.05) is 12.4 Å². The first-order valence-corrected chi connectivity index (χ1v) is 5.97. The van der Waals surface area contributed by atoms with Crippen LogP contribution in [0.1, 0.15) is 0 Å². The van der Waals surface area contributed by atoms with E-state index < -0.39 is 21.7 Å². The van der Waals surface area contributed by atoms with E-state index in [2.05, 4.69) is 10.5 Å². The minimum Gasteiger partial charge on any atom is -0.449 e. The fourth-order valence-electron chi connectivity index (χ4n) is 1.01. The summed E-state index contributed by atoms with van der Waals surface area (Å²) in [7, 11) is -3.57. The zero-order valence-corrected chi connectivity index (χ0v) is 9.04. The van der Waals surface area contributed by atoms with Gasteiger partial charge in [0.25, 0.3) is 0 Å². The van der Waals surface area contributed by atoms with Gasteiger partial charge in [0.1, 0.15) is 12.4 Å². The van der Waals surface area contributed by atoms with Crippen molar-refractivity contribution in [3.63, 3.8) is 0 Å². The molecule has 0 saturated heterocycles. The van der Waals surface area contributed by atoms with Crippen molar-refractivity contribution >= 4 is 15.9 Å². The van der Waals surface area contributed by atoms with Crippen molar-refractivity contribution < 1.29 is 22.3 Å². The van der Waals surface area contributed by atoms with Gasteiger partial charge in [-0.25, -0.2) is 17.6 Å². The van der Waals surface area contributed by atoms with Crippen LogP contribution < -0.4 is 5.73 Å². The lowest BCUT2D eigenvalue weighted by Gasteiger charge is -2.04. The molecule has 1 aromatic rings. The highest BCUT2D eigenvalue weighted by molar-refractivity contribution is 7.91. The Labute approximate surface area is 91.9 Å². The molecule has 7 heteroatoms. The number of benzene rings is 1. The Kier molecular flexibility index (Phi) is 3.83. The highest BCUT2D eigenvalue weighted by Gasteiger charge is 2.14. The van der Waals surface area contributed by atoms with Crippen LogP contribution in [0.5, 0.6) is 0 Å². The maximum Gasteiger partial charge on any atom is 0.404 e. The van der Waals surface area contributed by atoms with Crippen LogP contribution >= 0.6 is 0 Å². The number of nitrogens with two attached hydrogens (primary N) is 1. The zero-order chi connectivity index (χ0) is 12.2. The van der Waals surface area contributed by atoms with Crippen LogP contribution in [-0.2, 0) is 14.6 Å².